The van der Waals surface area contributed by atoms with Crippen molar-refractivity contribution in [2.75, 3.05) is 20.3 Å². The summed E-state index contributed by atoms with van der Waals surface area (Å²) >= 11 is 0. The van der Waals surface area contributed by atoms with Crippen LogP contribution in [0, 0.1) is 0 Å². The Bertz CT molecular complexity index is 642. The molecule has 1 aliphatic carbocycles. The van der Waals surface area contributed by atoms with Crippen LogP contribution in [0.4, 0.5) is 0 Å². The van der Waals surface area contributed by atoms with Gasteiger partial charge in [-0.3, -0.25) is 4.79 Å². The van der Waals surface area contributed by atoms with Gasteiger partial charge in [0.2, 0.25) is 15.9 Å². The molecule has 0 aliphatic heterocycles. The Morgan fingerprint density at radius 2 is 1.88 bits per heavy atom. The number of hydrogen-bond acceptors (Lipinski definition) is 4. The van der Waals surface area contributed by atoms with E-state index in [4.69, 9.17) is 4.74 Å². The predicted octanol–water partition coefficient (Wildman–Crippen LogP) is 2.16. The maximum Gasteiger partial charge on any atom is 0.243 e. The molecule has 140 valence electrons. The van der Waals surface area contributed by atoms with Crippen molar-refractivity contribution in [3.05, 3.63) is 30.3 Å². The Hall–Kier alpha value is -1.44. The van der Waals surface area contributed by atoms with Crippen LogP contribution in [-0.4, -0.2) is 51.0 Å². The van der Waals surface area contributed by atoms with Gasteiger partial charge in [0, 0.05) is 19.2 Å². The van der Waals surface area contributed by atoms with Gasteiger partial charge in [0.1, 0.15) is 0 Å². The summed E-state index contributed by atoms with van der Waals surface area (Å²) in [5, 5.41) is 2.80. The molecule has 0 heterocycles. The molecule has 1 saturated carbocycles. The molecule has 0 radical (unpaired) electrons. The van der Waals surface area contributed by atoms with Gasteiger partial charge in [0.05, 0.1) is 18.0 Å². The van der Waals surface area contributed by atoms with E-state index >= 15 is 0 Å². The molecular weight excluding hydrogens is 340 g/mol. The molecule has 0 saturated heterocycles. The van der Waals surface area contributed by atoms with Crippen molar-refractivity contribution < 1.29 is 17.9 Å². The normalized spacial score (nSPS) is 17.4. The largest absolute Gasteiger partial charge is 0.383 e. The fourth-order valence-electron chi connectivity index (χ4n) is 3.26. The third-order valence-corrected chi connectivity index (χ3v) is 6.37. The number of benzene rings is 1. The smallest absolute Gasteiger partial charge is 0.243 e. The van der Waals surface area contributed by atoms with Crippen molar-refractivity contribution in [2.24, 2.45) is 0 Å². The Labute approximate surface area is 150 Å². The number of rotatable bonds is 8. The summed E-state index contributed by atoms with van der Waals surface area (Å²) in [4.78, 5) is 12.6. The highest BCUT2D eigenvalue weighted by atomic mass is 32.2. The SMILES string of the molecule is COC[C@@H](C)NC(=O)CN(C1CCCCC1)S(=O)(=O)c1ccccc1. The second-order valence-corrected chi connectivity index (χ2v) is 8.47. The zero-order valence-corrected chi connectivity index (χ0v) is 15.8. The lowest BCUT2D eigenvalue weighted by atomic mass is 9.95. The summed E-state index contributed by atoms with van der Waals surface area (Å²) < 4.78 is 32.6. The third kappa shape index (κ3) is 5.52. The molecule has 1 N–H and O–H groups in total. The molecular formula is C18H28N2O4S. The topological polar surface area (TPSA) is 75.7 Å². The number of methoxy groups -OCH3 is 1. The van der Waals surface area contributed by atoms with E-state index in [1.807, 2.05) is 6.92 Å². The number of amides is 1. The van der Waals surface area contributed by atoms with Crippen LogP contribution in [0.1, 0.15) is 39.0 Å². The highest BCUT2D eigenvalue weighted by molar-refractivity contribution is 7.89. The van der Waals surface area contributed by atoms with Crippen molar-refractivity contribution in [2.45, 2.75) is 56.0 Å². The molecule has 25 heavy (non-hydrogen) atoms. The molecule has 1 amide bonds. The molecule has 0 spiro atoms. The fourth-order valence-corrected chi connectivity index (χ4v) is 4.92. The lowest BCUT2D eigenvalue weighted by Gasteiger charge is -2.33. The van der Waals surface area contributed by atoms with Crippen molar-refractivity contribution in [3.8, 4) is 0 Å². The van der Waals surface area contributed by atoms with Gasteiger partial charge in [-0.1, -0.05) is 37.5 Å². The molecule has 0 aromatic heterocycles. The van der Waals surface area contributed by atoms with E-state index in [9.17, 15) is 13.2 Å². The fraction of sp³-hybridized carbons (Fsp3) is 0.611. The minimum absolute atomic E-state index is 0.123. The van der Waals surface area contributed by atoms with Crippen LogP contribution in [0.25, 0.3) is 0 Å². The molecule has 6 nitrogen and oxygen atoms in total. The zero-order valence-electron chi connectivity index (χ0n) is 15.0. The average Bonchev–Trinajstić information content (AvgIpc) is 2.61. The predicted molar refractivity (Wildman–Crippen MR) is 96.7 cm³/mol. The summed E-state index contributed by atoms with van der Waals surface area (Å²) in [5.74, 6) is -0.297. The van der Waals surface area contributed by atoms with Gasteiger partial charge in [-0.25, -0.2) is 8.42 Å². The molecule has 1 fully saturated rings. The number of nitrogens with one attached hydrogen (secondary N) is 1. The standard InChI is InChI=1S/C18H28N2O4S/c1-15(14-24-2)19-18(21)13-20(16-9-5-3-6-10-16)25(22,23)17-11-7-4-8-12-17/h4,7-8,11-12,15-16H,3,5-6,9-10,13-14H2,1-2H3,(H,19,21)/t15-/m1/s1. The van der Waals surface area contributed by atoms with Gasteiger partial charge < -0.3 is 10.1 Å². The Balaban J connectivity index is 2.20. The van der Waals surface area contributed by atoms with E-state index in [0.717, 1.165) is 32.1 Å². The number of hydrogen-bond donors (Lipinski definition) is 1. The van der Waals surface area contributed by atoms with Crippen LogP contribution in [-0.2, 0) is 19.6 Å². The highest BCUT2D eigenvalue weighted by Crippen LogP contribution is 2.27. The quantitative estimate of drug-likeness (QED) is 0.763. The summed E-state index contributed by atoms with van der Waals surface area (Å²) in [5.41, 5.74) is 0. The van der Waals surface area contributed by atoms with Crippen LogP contribution in [0.5, 0.6) is 0 Å². The molecule has 0 unspecified atom stereocenters. The van der Waals surface area contributed by atoms with Crippen LogP contribution in [0.2, 0.25) is 0 Å². The maximum atomic E-state index is 13.1. The summed E-state index contributed by atoms with van der Waals surface area (Å²) in [6, 6.07) is 8.06. The first-order chi connectivity index (χ1) is 11.9. The van der Waals surface area contributed by atoms with Gasteiger partial charge >= 0.3 is 0 Å². The number of carbonyl (C=O) groups excluding carboxylic acids is 1. The minimum Gasteiger partial charge on any atom is -0.383 e. The van der Waals surface area contributed by atoms with Crippen molar-refractivity contribution in [3.63, 3.8) is 0 Å². The van der Waals surface area contributed by atoms with E-state index in [1.54, 1.807) is 37.4 Å². The maximum absolute atomic E-state index is 13.1. The first kappa shape index (κ1) is 19.9. The van der Waals surface area contributed by atoms with Crippen LogP contribution < -0.4 is 5.32 Å². The Morgan fingerprint density at radius 3 is 2.48 bits per heavy atom. The lowest BCUT2D eigenvalue weighted by Crippen LogP contribution is -2.49. The first-order valence-corrected chi connectivity index (χ1v) is 10.2. The van der Waals surface area contributed by atoms with Gasteiger partial charge in [-0.05, 0) is 31.9 Å². The van der Waals surface area contributed by atoms with Crippen LogP contribution >= 0.6 is 0 Å². The second kappa shape index (κ2) is 9.31. The van der Waals surface area contributed by atoms with Gasteiger partial charge in [-0.2, -0.15) is 4.31 Å². The Morgan fingerprint density at radius 1 is 1.24 bits per heavy atom. The second-order valence-electron chi connectivity index (χ2n) is 6.58. The number of sulfonamides is 1. The first-order valence-electron chi connectivity index (χ1n) is 8.80. The lowest BCUT2D eigenvalue weighted by molar-refractivity contribution is -0.122. The molecule has 1 aliphatic rings. The van der Waals surface area contributed by atoms with Gasteiger partial charge in [-0.15, -0.1) is 0 Å². The molecule has 1 atom stereocenters. The Kier molecular flexibility index (Phi) is 7.40. The molecule has 0 bridgehead atoms. The average molecular weight is 368 g/mol. The molecule has 1 aromatic carbocycles. The van der Waals surface area contributed by atoms with Crippen LogP contribution in [0.3, 0.4) is 0 Å². The number of nitrogens with zero attached hydrogens (tertiary/aromatic N) is 1. The number of carbonyl (C=O) groups is 1. The van der Waals surface area contributed by atoms with E-state index in [0.29, 0.717) is 6.61 Å². The molecule has 7 heteroatoms. The number of ether oxygens (including phenoxy) is 1. The molecule has 1 aromatic rings. The monoisotopic (exact) mass is 368 g/mol. The van der Waals surface area contributed by atoms with Crippen LogP contribution in [0.15, 0.2) is 35.2 Å². The van der Waals surface area contributed by atoms with Gasteiger partial charge in [0.15, 0.2) is 0 Å². The molecule has 2 rings (SSSR count). The zero-order chi connectivity index (χ0) is 18.3. The van der Waals surface area contributed by atoms with Crippen molar-refractivity contribution in [1.82, 2.24) is 9.62 Å². The van der Waals surface area contributed by atoms with E-state index in [1.165, 1.54) is 4.31 Å². The van der Waals surface area contributed by atoms with E-state index in [2.05, 4.69) is 5.32 Å². The summed E-state index contributed by atoms with van der Waals surface area (Å²) in [6.07, 6.45) is 4.70. The van der Waals surface area contributed by atoms with Crippen molar-refractivity contribution >= 4 is 15.9 Å². The van der Waals surface area contributed by atoms with Gasteiger partial charge in [0.25, 0.3) is 0 Å². The van der Waals surface area contributed by atoms with E-state index < -0.39 is 10.0 Å². The van der Waals surface area contributed by atoms with Crippen molar-refractivity contribution in [1.29, 1.82) is 0 Å². The summed E-state index contributed by atoms with van der Waals surface area (Å²) in [7, 11) is -2.14. The summed E-state index contributed by atoms with van der Waals surface area (Å²) in [6.45, 7) is 2.06. The highest BCUT2D eigenvalue weighted by Gasteiger charge is 2.34. The van der Waals surface area contributed by atoms with E-state index in [-0.39, 0.29) is 29.4 Å². The minimum atomic E-state index is -3.70. The third-order valence-electron chi connectivity index (χ3n) is 4.46.